The maximum absolute atomic E-state index is 12.3. The molecule has 0 bridgehead atoms. The normalized spacial score (nSPS) is 24.8. The van der Waals surface area contributed by atoms with Crippen LogP contribution in [0.25, 0.3) is 0 Å². The summed E-state index contributed by atoms with van der Waals surface area (Å²) in [6, 6.07) is 4.09. The molecule has 2 fully saturated rings. The Kier molecular flexibility index (Phi) is 2.97. The molecule has 2 aliphatic carbocycles. The van der Waals surface area contributed by atoms with E-state index in [1.165, 1.54) is 0 Å². The van der Waals surface area contributed by atoms with Gasteiger partial charge in [0.25, 0.3) is 0 Å². The van der Waals surface area contributed by atoms with Crippen LogP contribution in [-0.4, -0.2) is 32.9 Å². The van der Waals surface area contributed by atoms with Crippen molar-refractivity contribution in [3.05, 3.63) is 30.1 Å². The molecule has 5 nitrogen and oxygen atoms in total. The van der Waals surface area contributed by atoms with Gasteiger partial charge in [-0.3, -0.25) is 14.6 Å². The predicted octanol–water partition coefficient (Wildman–Crippen LogP) is 1.29. The molecule has 2 atom stereocenters. The van der Waals surface area contributed by atoms with E-state index in [4.69, 9.17) is 5.11 Å². The zero-order valence-corrected chi connectivity index (χ0v) is 10.5. The fraction of sp³-hybridized carbons (Fsp3) is 0.500. The summed E-state index contributed by atoms with van der Waals surface area (Å²) < 4.78 is 0. The molecule has 0 saturated heterocycles. The van der Waals surface area contributed by atoms with Gasteiger partial charge in [-0.05, 0) is 30.9 Å². The van der Waals surface area contributed by atoms with E-state index in [-0.39, 0.29) is 11.8 Å². The first kappa shape index (κ1) is 12.1. The molecule has 0 aromatic carbocycles. The van der Waals surface area contributed by atoms with Gasteiger partial charge in [-0.15, -0.1) is 0 Å². The average Bonchev–Trinajstić information content (AvgIpc) is 3.29. The molecule has 100 valence electrons. The van der Waals surface area contributed by atoms with Crippen LogP contribution in [0, 0.1) is 11.8 Å². The van der Waals surface area contributed by atoms with Crippen molar-refractivity contribution in [2.24, 2.45) is 11.8 Å². The van der Waals surface area contributed by atoms with Crippen LogP contribution in [0.5, 0.6) is 0 Å². The molecule has 2 aliphatic rings. The van der Waals surface area contributed by atoms with Crippen molar-refractivity contribution >= 4 is 11.9 Å². The van der Waals surface area contributed by atoms with E-state index >= 15 is 0 Å². The number of carbonyl (C=O) groups excluding carboxylic acids is 1. The Hall–Kier alpha value is -1.91. The second kappa shape index (κ2) is 4.64. The van der Waals surface area contributed by atoms with Gasteiger partial charge in [-0.1, -0.05) is 6.07 Å². The highest BCUT2D eigenvalue weighted by Gasteiger charge is 2.51. The third kappa shape index (κ3) is 2.59. The predicted molar refractivity (Wildman–Crippen MR) is 67.0 cm³/mol. The zero-order valence-electron chi connectivity index (χ0n) is 10.5. The van der Waals surface area contributed by atoms with Gasteiger partial charge in [0.05, 0.1) is 11.8 Å². The first-order valence-electron chi connectivity index (χ1n) is 6.59. The fourth-order valence-electron chi connectivity index (χ4n) is 2.42. The quantitative estimate of drug-likeness (QED) is 0.866. The van der Waals surface area contributed by atoms with Gasteiger partial charge in [0.15, 0.2) is 0 Å². The van der Waals surface area contributed by atoms with Crippen molar-refractivity contribution in [1.82, 2.24) is 9.88 Å². The van der Waals surface area contributed by atoms with E-state index in [0.717, 1.165) is 18.4 Å². The summed E-state index contributed by atoms with van der Waals surface area (Å²) in [5.74, 6) is -1.63. The van der Waals surface area contributed by atoms with E-state index < -0.39 is 11.9 Å². The van der Waals surface area contributed by atoms with Gasteiger partial charge in [-0.2, -0.15) is 0 Å². The molecule has 3 rings (SSSR count). The molecule has 1 heterocycles. The number of aliphatic carboxylic acids is 1. The Morgan fingerprint density at radius 1 is 1.37 bits per heavy atom. The second-order valence-corrected chi connectivity index (χ2v) is 5.35. The maximum atomic E-state index is 12.3. The van der Waals surface area contributed by atoms with E-state index in [0.29, 0.717) is 19.0 Å². The van der Waals surface area contributed by atoms with Crippen molar-refractivity contribution in [2.75, 3.05) is 0 Å². The number of aromatic nitrogens is 1. The monoisotopic (exact) mass is 260 g/mol. The summed E-state index contributed by atoms with van der Waals surface area (Å²) in [6.45, 7) is 0.542. The Balaban J connectivity index is 1.68. The molecule has 5 heteroatoms. The number of hydrogen-bond donors (Lipinski definition) is 1. The minimum atomic E-state index is -0.851. The van der Waals surface area contributed by atoms with Crippen molar-refractivity contribution in [1.29, 1.82) is 0 Å². The van der Waals surface area contributed by atoms with Crippen LogP contribution < -0.4 is 0 Å². The van der Waals surface area contributed by atoms with Crippen LogP contribution in [0.4, 0.5) is 0 Å². The van der Waals surface area contributed by atoms with Gasteiger partial charge in [0.2, 0.25) is 5.91 Å². The lowest BCUT2D eigenvalue weighted by Gasteiger charge is -2.22. The van der Waals surface area contributed by atoms with Crippen LogP contribution in [0.3, 0.4) is 0 Å². The van der Waals surface area contributed by atoms with Crippen LogP contribution >= 0.6 is 0 Å². The highest BCUT2D eigenvalue weighted by atomic mass is 16.4. The molecular formula is C14H16N2O3. The SMILES string of the molecule is O=C(O)[C@H]1C[C@H]1C(=O)N(Cc1cccnc1)C1CC1. The molecule has 0 radical (unpaired) electrons. The van der Waals surface area contributed by atoms with Crippen LogP contribution in [0.2, 0.25) is 0 Å². The molecule has 2 saturated carbocycles. The van der Waals surface area contributed by atoms with E-state index in [2.05, 4.69) is 4.98 Å². The van der Waals surface area contributed by atoms with Gasteiger partial charge < -0.3 is 10.0 Å². The van der Waals surface area contributed by atoms with Gasteiger partial charge in [-0.25, -0.2) is 0 Å². The van der Waals surface area contributed by atoms with Gasteiger partial charge in [0, 0.05) is 25.0 Å². The number of nitrogens with zero attached hydrogens (tertiary/aromatic N) is 2. The van der Waals surface area contributed by atoms with Crippen molar-refractivity contribution in [2.45, 2.75) is 31.8 Å². The molecular weight excluding hydrogens is 244 g/mol. The van der Waals surface area contributed by atoms with Crippen molar-refractivity contribution in [3.63, 3.8) is 0 Å². The molecule has 1 aromatic heterocycles. The van der Waals surface area contributed by atoms with Gasteiger partial charge in [0.1, 0.15) is 0 Å². The maximum Gasteiger partial charge on any atom is 0.307 e. The third-order valence-electron chi connectivity index (χ3n) is 3.77. The highest BCUT2D eigenvalue weighted by Crippen LogP contribution is 2.42. The number of carbonyl (C=O) groups is 2. The van der Waals surface area contributed by atoms with E-state index in [1.807, 2.05) is 17.0 Å². The van der Waals surface area contributed by atoms with Crippen molar-refractivity contribution < 1.29 is 14.7 Å². The largest absolute Gasteiger partial charge is 0.481 e. The Morgan fingerprint density at radius 2 is 2.16 bits per heavy atom. The molecule has 19 heavy (non-hydrogen) atoms. The summed E-state index contributed by atoms with van der Waals surface area (Å²) in [6.07, 6.45) is 6.00. The van der Waals surface area contributed by atoms with Crippen LogP contribution in [0.15, 0.2) is 24.5 Å². The van der Waals surface area contributed by atoms with E-state index in [9.17, 15) is 9.59 Å². The Labute approximate surface area is 111 Å². The molecule has 1 amide bonds. The molecule has 1 N–H and O–H groups in total. The summed E-state index contributed by atoms with van der Waals surface area (Å²) in [5.41, 5.74) is 0.996. The molecule has 0 aliphatic heterocycles. The molecule has 1 aromatic rings. The van der Waals surface area contributed by atoms with Crippen LogP contribution in [0.1, 0.15) is 24.8 Å². The summed E-state index contributed by atoms with van der Waals surface area (Å²) >= 11 is 0. The Morgan fingerprint density at radius 3 is 2.68 bits per heavy atom. The smallest absolute Gasteiger partial charge is 0.307 e. The summed E-state index contributed by atoms with van der Waals surface area (Å²) in [5, 5.41) is 8.92. The number of amides is 1. The van der Waals surface area contributed by atoms with Gasteiger partial charge >= 0.3 is 5.97 Å². The summed E-state index contributed by atoms with van der Waals surface area (Å²) in [7, 11) is 0. The molecule has 0 unspecified atom stereocenters. The lowest BCUT2D eigenvalue weighted by molar-refractivity contribution is -0.142. The summed E-state index contributed by atoms with van der Waals surface area (Å²) in [4.78, 5) is 29.1. The average molecular weight is 260 g/mol. The fourth-order valence-corrected chi connectivity index (χ4v) is 2.42. The van der Waals surface area contributed by atoms with Crippen LogP contribution in [-0.2, 0) is 16.1 Å². The second-order valence-electron chi connectivity index (χ2n) is 5.35. The minimum absolute atomic E-state index is 0.00115. The lowest BCUT2D eigenvalue weighted by atomic mass is 10.2. The first-order valence-corrected chi connectivity index (χ1v) is 6.59. The topological polar surface area (TPSA) is 70.5 Å². The number of carboxylic acids is 1. The first-order chi connectivity index (χ1) is 9.16. The number of hydrogen-bond acceptors (Lipinski definition) is 3. The standard InChI is InChI=1S/C14H16N2O3/c17-13(11-6-12(11)14(18)19)16(10-3-4-10)8-9-2-1-5-15-7-9/h1-2,5,7,10-12H,3-4,6,8H2,(H,18,19)/t11-,12+/m1/s1. The lowest BCUT2D eigenvalue weighted by Crippen LogP contribution is -2.34. The van der Waals surface area contributed by atoms with Crippen molar-refractivity contribution in [3.8, 4) is 0 Å². The minimum Gasteiger partial charge on any atom is -0.481 e. The van der Waals surface area contributed by atoms with E-state index in [1.54, 1.807) is 12.4 Å². The highest BCUT2D eigenvalue weighted by molar-refractivity contribution is 5.89. The zero-order chi connectivity index (χ0) is 13.4. The number of rotatable bonds is 5. The third-order valence-corrected chi connectivity index (χ3v) is 3.77. The Bertz CT molecular complexity index is 499. The number of pyridine rings is 1. The molecule has 0 spiro atoms. The number of carboxylic acid groups (broad SMARTS) is 1.